The summed E-state index contributed by atoms with van der Waals surface area (Å²) in [6.07, 6.45) is 2.04. The fourth-order valence-corrected chi connectivity index (χ4v) is 4.98. The van der Waals surface area contributed by atoms with Gasteiger partial charge in [0.05, 0.1) is 21.3 Å². The normalized spacial score (nSPS) is 11.0. The summed E-state index contributed by atoms with van der Waals surface area (Å²) < 4.78 is 7.94. The molecular formula is C26H25BrN2O2S. The molecule has 1 heterocycles. The first kappa shape index (κ1) is 22.5. The molecule has 1 aromatic heterocycles. The van der Waals surface area contributed by atoms with Crippen LogP contribution < -0.4 is 10.1 Å². The number of amides is 1. The van der Waals surface area contributed by atoms with Gasteiger partial charge in [0.25, 0.3) is 0 Å². The number of hydrogen-bond acceptors (Lipinski definition) is 4. The topological polar surface area (TPSA) is 51.2 Å². The molecular weight excluding hydrogens is 484 g/mol. The highest BCUT2D eigenvalue weighted by molar-refractivity contribution is 9.10. The molecule has 0 saturated heterocycles. The summed E-state index contributed by atoms with van der Waals surface area (Å²) in [5.74, 6) is 0.792. The quantitative estimate of drug-likeness (QED) is 0.252. The van der Waals surface area contributed by atoms with Gasteiger partial charge in [0.2, 0.25) is 5.91 Å². The van der Waals surface area contributed by atoms with Crippen molar-refractivity contribution in [3.05, 3.63) is 76.3 Å². The van der Waals surface area contributed by atoms with Crippen LogP contribution in [0.1, 0.15) is 30.9 Å². The zero-order valence-corrected chi connectivity index (χ0v) is 20.6. The van der Waals surface area contributed by atoms with E-state index >= 15 is 0 Å². The lowest BCUT2D eigenvalue weighted by atomic mass is 10.2. The van der Waals surface area contributed by atoms with Crippen LogP contribution in [0.4, 0.5) is 5.69 Å². The zero-order chi connectivity index (χ0) is 22.5. The van der Waals surface area contributed by atoms with Crippen LogP contribution in [0.5, 0.6) is 5.75 Å². The Labute approximate surface area is 200 Å². The van der Waals surface area contributed by atoms with Crippen molar-refractivity contribution in [1.29, 1.82) is 0 Å². The predicted octanol–water partition coefficient (Wildman–Crippen LogP) is 7.39. The van der Waals surface area contributed by atoms with Gasteiger partial charge >= 0.3 is 0 Å². The fourth-order valence-electron chi connectivity index (χ4n) is 3.37. The summed E-state index contributed by atoms with van der Waals surface area (Å²) in [4.78, 5) is 17.0. The fraction of sp³-hybridized carbons (Fsp3) is 0.231. The Morgan fingerprint density at radius 1 is 1.09 bits per heavy atom. The van der Waals surface area contributed by atoms with Gasteiger partial charge < -0.3 is 10.1 Å². The van der Waals surface area contributed by atoms with Crippen LogP contribution in [0.2, 0.25) is 0 Å². The Morgan fingerprint density at radius 3 is 2.66 bits per heavy atom. The minimum absolute atomic E-state index is 0.0165. The number of benzene rings is 3. The average Bonchev–Trinajstić information content (AvgIpc) is 3.21. The number of hydrogen-bond donors (Lipinski definition) is 1. The van der Waals surface area contributed by atoms with Gasteiger partial charge in [-0.3, -0.25) is 4.79 Å². The molecule has 1 N–H and O–H groups in total. The first-order valence-electron chi connectivity index (χ1n) is 10.7. The number of carbonyl (C=O) groups is 1. The molecule has 0 aliphatic carbocycles. The van der Waals surface area contributed by atoms with Crippen LogP contribution in [-0.2, 0) is 11.2 Å². The molecule has 0 atom stereocenters. The molecule has 0 aliphatic rings. The van der Waals surface area contributed by atoms with E-state index in [1.54, 1.807) is 11.3 Å². The third-order valence-corrected chi connectivity index (χ3v) is 6.86. The van der Waals surface area contributed by atoms with Gasteiger partial charge in [-0.1, -0.05) is 19.1 Å². The number of nitrogens with one attached hydrogen (secondary N) is 1. The molecule has 0 spiro atoms. The lowest BCUT2D eigenvalue weighted by molar-refractivity contribution is -0.116. The number of fused-ring (bicyclic) bond motifs is 1. The van der Waals surface area contributed by atoms with E-state index in [-0.39, 0.29) is 5.91 Å². The third-order valence-electron chi connectivity index (χ3n) is 5.17. The van der Waals surface area contributed by atoms with Crippen molar-refractivity contribution in [2.75, 3.05) is 11.9 Å². The number of aromatic nitrogens is 1. The molecule has 0 radical (unpaired) electrons. The van der Waals surface area contributed by atoms with Gasteiger partial charge in [-0.15, -0.1) is 11.3 Å². The van der Waals surface area contributed by atoms with Crippen LogP contribution in [0, 0.1) is 6.92 Å². The Morgan fingerprint density at radius 2 is 1.91 bits per heavy atom. The number of halogens is 1. The molecule has 0 saturated carbocycles. The molecule has 4 aromatic rings. The minimum Gasteiger partial charge on any atom is -0.492 e. The van der Waals surface area contributed by atoms with Gasteiger partial charge in [-0.25, -0.2) is 4.98 Å². The number of anilines is 1. The Bertz CT molecular complexity index is 1230. The Hall–Kier alpha value is -2.70. The smallest absolute Gasteiger partial charge is 0.224 e. The van der Waals surface area contributed by atoms with Crippen molar-refractivity contribution in [1.82, 2.24) is 4.98 Å². The third kappa shape index (κ3) is 5.56. The SMILES string of the molecule is CCc1ccc(OCCCC(=O)Nc2ccc(-c3nc4ccc(C)cc4s3)cc2)c(Br)c1. The molecule has 6 heteroatoms. The number of thiazole rings is 1. The maximum atomic E-state index is 12.3. The Balaban J connectivity index is 1.27. The number of nitrogens with zero attached hydrogens (tertiary/aromatic N) is 1. The van der Waals surface area contributed by atoms with E-state index in [1.807, 2.05) is 30.3 Å². The van der Waals surface area contributed by atoms with Crippen molar-refractivity contribution in [3.8, 4) is 16.3 Å². The first-order valence-corrected chi connectivity index (χ1v) is 12.3. The van der Waals surface area contributed by atoms with E-state index in [4.69, 9.17) is 9.72 Å². The van der Waals surface area contributed by atoms with E-state index in [0.717, 1.165) is 38.4 Å². The Kier molecular flexibility index (Phi) is 7.22. The number of ether oxygens (including phenoxy) is 1. The molecule has 0 aliphatic heterocycles. The maximum absolute atomic E-state index is 12.3. The molecule has 1 amide bonds. The van der Waals surface area contributed by atoms with Crippen LogP contribution in [0.15, 0.2) is 65.1 Å². The van der Waals surface area contributed by atoms with E-state index in [1.165, 1.54) is 15.8 Å². The molecule has 3 aromatic carbocycles. The van der Waals surface area contributed by atoms with Gasteiger partial charge in [0, 0.05) is 17.7 Å². The second-order valence-corrected chi connectivity index (χ2v) is 9.57. The maximum Gasteiger partial charge on any atom is 0.224 e. The highest BCUT2D eigenvalue weighted by atomic mass is 79.9. The van der Waals surface area contributed by atoms with Gasteiger partial charge in [-0.2, -0.15) is 0 Å². The van der Waals surface area contributed by atoms with Gasteiger partial charge in [0.15, 0.2) is 0 Å². The van der Waals surface area contributed by atoms with Crippen molar-refractivity contribution >= 4 is 49.1 Å². The molecule has 4 rings (SSSR count). The molecule has 164 valence electrons. The van der Waals surface area contributed by atoms with Crippen molar-refractivity contribution in [2.45, 2.75) is 33.1 Å². The van der Waals surface area contributed by atoms with Gasteiger partial charge in [0.1, 0.15) is 10.8 Å². The second kappa shape index (κ2) is 10.3. The standard InChI is InChI=1S/C26H25BrN2O2S/c1-3-18-7-13-23(21(27)16-18)31-14-4-5-25(30)28-20-10-8-19(9-11-20)26-29-22-12-6-17(2)15-24(22)32-26/h6-13,15-16H,3-5,14H2,1-2H3,(H,28,30). The second-order valence-electron chi connectivity index (χ2n) is 7.69. The number of carbonyl (C=O) groups excluding carboxylic acids is 1. The lowest BCUT2D eigenvalue weighted by Gasteiger charge is -2.10. The molecule has 0 bridgehead atoms. The van der Waals surface area contributed by atoms with Crippen LogP contribution >= 0.6 is 27.3 Å². The predicted molar refractivity (Wildman–Crippen MR) is 137 cm³/mol. The minimum atomic E-state index is -0.0165. The van der Waals surface area contributed by atoms with Crippen LogP contribution in [0.3, 0.4) is 0 Å². The molecule has 4 nitrogen and oxygen atoms in total. The summed E-state index contributed by atoms with van der Waals surface area (Å²) in [7, 11) is 0. The highest BCUT2D eigenvalue weighted by Crippen LogP contribution is 2.31. The van der Waals surface area contributed by atoms with E-state index in [0.29, 0.717) is 19.4 Å². The highest BCUT2D eigenvalue weighted by Gasteiger charge is 2.08. The van der Waals surface area contributed by atoms with E-state index < -0.39 is 0 Å². The summed E-state index contributed by atoms with van der Waals surface area (Å²) in [5, 5.41) is 3.94. The van der Waals surface area contributed by atoms with Crippen molar-refractivity contribution in [3.63, 3.8) is 0 Å². The lowest BCUT2D eigenvalue weighted by Crippen LogP contribution is -2.12. The first-order chi connectivity index (χ1) is 15.5. The largest absolute Gasteiger partial charge is 0.492 e. The zero-order valence-electron chi connectivity index (χ0n) is 18.2. The summed E-state index contributed by atoms with van der Waals surface area (Å²) in [5.41, 5.74) is 5.35. The van der Waals surface area contributed by atoms with Crippen LogP contribution in [-0.4, -0.2) is 17.5 Å². The van der Waals surface area contributed by atoms with Gasteiger partial charge in [-0.05, 0) is 95.4 Å². The summed E-state index contributed by atoms with van der Waals surface area (Å²) in [6, 6.07) is 20.2. The summed E-state index contributed by atoms with van der Waals surface area (Å²) in [6.45, 7) is 4.70. The van der Waals surface area contributed by atoms with E-state index in [2.05, 4.69) is 65.4 Å². The average molecular weight is 509 g/mol. The molecule has 0 fully saturated rings. The van der Waals surface area contributed by atoms with Crippen molar-refractivity contribution < 1.29 is 9.53 Å². The number of rotatable bonds is 8. The monoisotopic (exact) mass is 508 g/mol. The molecule has 0 unspecified atom stereocenters. The van der Waals surface area contributed by atoms with Crippen LogP contribution in [0.25, 0.3) is 20.8 Å². The van der Waals surface area contributed by atoms with Crippen molar-refractivity contribution in [2.24, 2.45) is 0 Å². The molecule has 32 heavy (non-hydrogen) atoms. The summed E-state index contributed by atoms with van der Waals surface area (Å²) >= 11 is 5.22. The number of aryl methyl sites for hydroxylation is 2. The van der Waals surface area contributed by atoms with E-state index in [9.17, 15) is 4.79 Å².